The molecule has 2 amide bonds. The van der Waals surface area contributed by atoms with Crippen LogP contribution >= 0.6 is 31.9 Å². The van der Waals surface area contributed by atoms with E-state index in [-0.39, 0.29) is 11.8 Å². The zero-order valence-corrected chi connectivity index (χ0v) is 26.6. The molecule has 8 heteroatoms. The van der Waals surface area contributed by atoms with Gasteiger partial charge in [0.05, 0.1) is 5.54 Å². The minimum absolute atomic E-state index is 0.0927. The van der Waals surface area contributed by atoms with Gasteiger partial charge in [-0.25, -0.2) is 0 Å². The van der Waals surface area contributed by atoms with Gasteiger partial charge < -0.3 is 16.0 Å². The fourth-order valence-corrected chi connectivity index (χ4v) is 7.41. The number of pyridine rings is 1. The number of anilines is 2. The van der Waals surface area contributed by atoms with E-state index in [9.17, 15) is 9.59 Å². The van der Waals surface area contributed by atoms with Crippen LogP contribution in [-0.4, -0.2) is 28.4 Å². The van der Waals surface area contributed by atoms with Gasteiger partial charge in [0.1, 0.15) is 0 Å². The number of nitrogens with two attached hydrogens (primary N) is 1. The van der Waals surface area contributed by atoms with Crippen molar-refractivity contribution in [3.8, 4) is 0 Å². The Morgan fingerprint density at radius 2 is 1.66 bits per heavy atom. The molecule has 2 heterocycles. The first-order valence-corrected chi connectivity index (χ1v) is 15.0. The first-order valence-electron chi connectivity index (χ1n) is 13.4. The van der Waals surface area contributed by atoms with Crippen molar-refractivity contribution >= 4 is 55.0 Å². The summed E-state index contributed by atoms with van der Waals surface area (Å²) in [6.07, 6.45) is 4.06. The minimum Gasteiger partial charge on any atom is -0.325 e. The molecule has 2 unspecified atom stereocenters. The highest BCUT2D eigenvalue weighted by atomic mass is 79.9. The molecule has 0 radical (unpaired) electrons. The van der Waals surface area contributed by atoms with Crippen molar-refractivity contribution in [2.24, 2.45) is 5.73 Å². The van der Waals surface area contributed by atoms with E-state index in [0.717, 1.165) is 36.9 Å². The van der Waals surface area contributed by atoms with Crippen molar-refractivity contribution in [1.82, 2.24) is 4.98 Å². The molecule has 3 N–H and O–H groups in total. The summed E-state index contributed by atoms with van der Waals surface area (Å²) >= 11 is 6.97. The van der Waals surface area contributed by atoms with Crippen molar-refractivity contribution in [3.63, 3.8) is 0 Å². The third kappa shape index (κ3) is 5.36. The number of fused-ring (bicyclic) bond motifs is 1. The number of hydrogen-bond acceptors (Lipinski definition) is 4. The van der Waals surface area contributed by atoms with Crippen molar-refractivity contribution in [2.45, 2.75) is 51.1 Å². The zero-order valence-electron chi connectivity index (χ0n) is 23.4. The Kier molecular flexibility index (Phi) is 7.94. The largest absolute Gasteiger partial charge is 0.325 e. The third-order valence-electron chi connectivity index (χ3n) is 8.16. The first kappa shape index (κ1) is 29.2. The number of carbonyl (C=O) groups is 2. The summed E-state index contributed by atoms with van der Waals surface area (Å²) in [4.78, 5) is 32.9. The molecule has 41 heavy (non-hydrogen) atoms. The predicted molar refractivity (Wildman–Crippen MR) is 171 cm³/mol. The number of amides is 2. The van der Waals surface area contributed by atoms with Gasteiger partial charge in [-0.3, -0.25) is 14.6 Å². The van der Waals surface area contributed by atoms with Crippen LogP contribution in [0.15, 0.2) is 94.1 Å². The summed E-state index contributed by atoms with van der Waals surface area (Å²) in [5, 5.41) is 3.18. The van der Waals surface area contributed by atoms with Gasteiger partial charge >= 0.3 is 0 Å². The maximum absolute atomic E-state index is 13.6. The molecule has 1 aliphatic heterocycles. The average molecular weight is 676 g/mol. The van der Waals surface area contributed by atoms with Gasteiger partial charge in [0.2, 0.25) is 5.91 Å². The Hall–Kier alpha value is -3.33. The maximum Gasteiger partial charge on any atom is 0.255 e. The number of halogens is 2. The standard InChI is InChI=1S/C33H32Br2N4O2/c1-20(40)39-29-16-22(13-21-9-8-12-37-19-21)28(38-30(41)23-14-25(34)17-26(35)15-23)18-27(29)33(4,31(36)32(39,2)3)24-10-6-5-7-11-24/h5-12,14-19,31H,13,36H2,1-4H3,(H,38,41). The molecule has 5 rings (SSSR count). The summed E-state index contributed by atoms with van der Waals surface area (Å²) in [5.41, 5.74) is 11.5. The monoisotopic (exact) mass is 674 g/mol. The average Bonchev–Trinajstić information content (AvgIpc) is 2.93. The molecular weight excluding hydrogens is 644 g/mol. The van der Waals surface area contributed by atoms with Crippen molar-refractivity contribution in [1.29, 1.82) is 0 Å². The molecular formula is C33H32Br2N4O2. The molecule has 3 aromatic carbocycles. The molecule has 4 aromatic rings. The number of rotatable bonds is 5. The Balaban J connectivity index is 1.75. The SMILES string of the molecule is CC(=O)N1c2cc(Cc3cccnc3)c(NC(=O)c3cc(Br)cc(Br)c3)cc2C(C)(c2ccccc2)C(N)C1(C)C. The van der Waals surface area contributed by atoms with Crippen LogP contribution < -0.4 is 16.0 Å². The van der Waals surface area contributed by atoms with Gasteiger partial charge in [-0.1, -0.05) is 68.3 Å². The van der Waals surface area contributed by atoms with Gasteiger partial charge in [0.25, 0.3) is 5.91 Å². The molecule has 0 spiro atoms. The molecule has 0 saturated carbocycles. The number of carbonyl (C=O) groups excluding carboxylic acids is 2. The van der Waals surface area contributed by atoms with Crippen molar-refractivity contribution < 1.29 is 9.59 Å². The number of aromatic nitrogens is 1. The summed E-state index contributed by atoms with van der Waals surface area (Å²) < 4.78 is 1.58. The van der Waals surface area contributed by atoms with E-state index in [4.69, 9.17) is 5.73 Å². The van der Waals surface area contributed by atoms with Gasteiger partial charge in [-0.2, -0.15) is 0 Å². The van der Waals surface area contributed by atoms with E-state index in [1.54, 1.807) is 30.2 Å². The predicted octanol–water partition coefficient (Wildman–Crippen LogP) is 7.23. The highest BCUT2D eigenvalue weighted by Gasteiger charge is 2.53. The first-order chi connectivity index (χ1) is 19.4. The number of hydrogen-bond donors (Lipinski definition) is 2. The normalized spacial score (nSPS) is 19.4. The fraction of sp³-hybridized carbons (Fsp3) is 0.242. The number of nitrogens with zero attached hydrogens (tertiary/aromatic N) is 2. The van der Waals surface area contributed by atoms with Crippen LogP contribution in [0.4, 0.5) is 11.4 Å². The lowest BCUT2D eigenvalue weighted by atomic mass is 9.61. The van der Waals surface area contributed by atoms with Gasteiger partial charge in [0, 0.05) is 63.1 Å². The van der Waals surface area contributed by atoms with Crippen molar-refractivity contribution in [3.05, 3.63) is 122 Å². The summed E-state index contributed by atoms with van der Waals surface area (Å²) in [6.45, 7) is 7.74. The molecule has 0 saturated heterocycles. The third-order valence-corrected chi connectivity index (χ3v) is 9.08. The lowest BCUT2D eigenvalue weighted by Crippen LogP contribution is -2.68. The van der Waals surface area contributed by atoms with Crippen LogP contribution in [0.3, 0.4) is 0 Å². The Morgan fingerprint density at radius 3 is 2.27 bits per heavy atom. The van der Waals surface area contributed by atoms with E-state index >= 15 is 0 Å². The van der Waals surface area contributed by atoms with Crippen LogP contribution in [0.1, 0.15) is 60.3 Å². The van der Waals surface area contributed by atoms with Gasteiger partial charge in [-0.05, 0) is 79.4 Å². The lowest BCUT2D eigenvalue weighted by molar-refractivity contribution is -0.118. The zero-order chi connectivity index (χ0) is 29.5. The second kappa shape index (κ2) is 11.2. The maximum atomic E-state index is 13.6. The second-order valence-electron chi connectivity index (χ2n) is 11.2. The minimum atomic E-state index is -0.692. The van der Waals surface area contributed by atoms with Crippen molar-refractivity contribution in [2.75, 3.05) is 10.2 Å². The highest BCUT2D eigenvalue weighted by molar-refractivity contribution is 9.11. The summed E-state index contributed by atoms with van der Waals surface area (Å²) in [6, 6.07) is 23.1. The molecule has 210 valence electrons. The number of nitrogens with one attached hydrogen (secondary N) is 1. The molecule has 0 aliphatic carbocycles. The van der Waals surface area contributed by atoms with Crippen LogP contribution in [0.5, 0.6) is 0 Å². The molecule has 1 aromatic heterocycles. The van der Waals surface area contributed by atoms with Crippen LogP contribution in [0.25, 0.3) is 0 Å². The van der Waals surface area contributed by atoms with Crippen LogP contribution in [0, 0.1) is 0 Å². The highest BCUT2D eigenvalue weighted by Crippen LogP contribution is 2.51. The topological polar surface area (TPSA) is 88.3 Å². The lowest BCUT2D eigenvalue weighted by Gasteiger charge is -2.55. The summed E-state index contributed by atoms with van der Waals surface area (Å²) in [5.74, 6) is -0.338. The van der Waals surface area contributed by atoms with Crippen LogP contribution in [-0.2, 0) is 16.6 Å². The van der Waals surface area contributed by atoms with Gasteiger partial charge in [0.15, 0.2) is 0 Å². The quantitative estimate of drug-likeness (QED) is 0.234. The van der Waals surface area contributed by atoms with E-state index in [0.29, 0.717) is 17.7 Å². The smallest absolute Gasteiger partial charge is 0.255 e. The summed E-state index contributed by atoms with van der Waals surface area (Å²) in [7, 11) is 0. The fourth-order valence-electron chi connectivity index (χ4n) is 6.12. The van der Waals surface area contributed by atoms with E-state index in [1.165, 1.54) is 0 Å². The Bertz CT molecular complexity index is 1610. The molecule has 0 bridgehead atoms. The Morgan fingerprint density at radius 1 is 0.976 bits per heavy atom. The molecule has 2 atom stereocenters. The number of benzene rings is 3. The molecule has 0 fully saturated rings. The Labute approximate surface area is 257 Å². The second-order valence-corrected chi connectivity index (χ2v) is 13.1. The van der Waals surface area contributed by atoms with E-state index < -0.39 is 17.0 Å². The molecule has 6 nitrogen and oxygen atoms in total. The van der Waals surface area contributed by atoms with Gasteiger partial charge in [-0.15, -0.1) is 0 Å². The van der Waals surface area contributed by atoms with E-state index in [1.807, 2.05) is 68.6 Å². The molecule has 1 aliphatic rings. The van der Waals surface area contributed by atoms with Crippen LogP contribution in [0.2, 0.25) is 0 Å². The van der Waals surface area contributed by atoms with E-state index in [2.05, 4.69) is 61.2 Å².